The van der Waals surface area contributed by atoms with Crippen LogP contribution in [0.5, 0.6) is 0 Å². The van der Waals surface area contributed by atoms with E-state index in [9.17, 15) is 4.79 Å². The molecule has 5 heteroatoms. The Bertz CT molecular complexity index is 570. The normalized spacial score (nSPS) is 18.4. The SMILES string of the molecule is CN(Cc1ccsc1)C(=O)c1ccc([C@@H]2CCCO2)s1. The van der Waals surface area contributed by atoms with E-state index in [0.717, 1.165) is 24.3 Å². The van der Waals surface area contributed by atoms with Gasteiger partial charge >= 0.3 is 0 Å². The molecule has 0 aromatic carbocycles. The lowest BCUT2D eigenvalue weighted by Gasteiger charge is -2.15. The summed E-state index contributed by atoms with van der Waals surface area (Å²) in [6.07, 6.45) is 2.38. The Morgan fingerprint density at radius 1 is 1.45 bits per heavy atom. The zero-order chi connectivity index (χ0) is 13.9. The number of thiophene rings is 2. The third-order valence-corrected chi connectivity index (χ3v) is 5.33. The fourth-order valence-corrected chi connectivity index (χ4v) is 4.11. The van der Waals surface area contributed by atoms with E-state index in [1.807, 2.05) is 24.6 Å². The largest absolute Gasteiger partial charge is 0.373 e. The summed E-state index contributed by atoms with van der Waals surface area (Å²) in [5.41, 5.74) is 1.18. The van der Waals surface area contributed by atoms with Crippen molar-refractivity contribution in [1.82, 2.24) is 4.90 Å². The quantitative estimate of drug-likeness (QED) is 0.856. The number of ether oxygens (including phenoxy) is 1. The molecule has 106 valence electrons. The molecular formula is C15H17NO2S2. The smallest absolute Gasteiger partial charge is 0.263 e. The lowest BCUT2D eigenvalue weighted by Crippen LogP contribution is -2.25. The molecule has 1 fully saturated rings. The van der Waals surface area contributed by atoms with Gasteiger partial charge in [-0.25, -0.2) is 0 Å². The summed E-state index contributed by atoms with van der Waals surface area (Å²) in [4.78, 5) is 16.1. The van der Waals surface area contributed by atoms with Crippen LogP contribution in [-0.2, 0) is 11.3 Å². The van der Waals surface area contributed by atoms with Gasteiger partial charge in [-0.05, 0) is 47.4 Å². The third kappa shape index (κ3) is 2.95. The maximum atomic E-state index is 12.4. The summed E-state index contributed by atoms with van der Waals surface area (Å²) in [5.74, 6) is 0.0884. The zero-order valence-electron chi connectivity index (χ0n) is 11.4. The van der Waals surface area contributed by atoms with Crippen molar-refractivity contribution in [2.24, 2.45) is 0 Å². The summed E-state index contributed by atoms with van der Waals surface area (Å²) in [5, 5.41) is 4.12. The van der Waals surface area contributed by atoms with Gasteiger partial charge in [-0.2, -0.15) is 11.3 Å². The van der Waals surface area contributed by atoms with Crippen LogP contribution in [0.4, 0.5) is 0 Å². The van der Waals surface area contributed by atoms with Crippen molar-refractivity contribution in [1.29, 1.82) is 0 Å². The highest BCUT2D eigenvalue weighted by atomic mass is 32.1. The Morgan fingerprint density at radius 3 is 3.05 bits per heavy atom. The number of hydrogen-bond acceptors (Lipinski definition) is 4. The molecule has 3 heterocycles. The van der Waals surface area contributed by atoms with Crippen LogP contribution in [0, 0.1) is 0 Å². The van der Waals surface area contributed by atoms with E-state index < -0.39 is 0 Å². The Labute approximate surface area is 126 Å². The van der Waals surface area contributed by atoms with E-state index in [4.69, 9.17) is 4.74 Å². The predicted molar refractivity (Wildman–Crippen MR) is 82.4 cm³/mol. The van der Waals surface area contributed by atoms with Gasteiger partial charge in [0.2, 0.25) is 0 Å². The summed E-state index contributed by atoms with van der Waals surface area (Å²) < 4.78 is 5.66. The Balaban J connectivity index is 1.67. The topological polar surface area (TPSA) is 29.5 Å². The van der Waals surface area contributed by atoms with E-state index in [0.29, 0.717) is 6.54 Å². The fraction of sp³-hybridized carbons (Fsp3) is 0.400. The minimum absolute atomic E-state index is 0.0884. The molecule has 0 radical (unpaired) electrons. The highest BCUT2D eigenvalue weighted by Crippen LogP contribution is 2.33. The highest BCUT2D eigenvalue weighted by Gasteiger charge is 2.22. The van der Waals surface area contributed by atoms with Crippen LogP contribution >= 0.6 is 22.7 Å². The number of carbonyl (C=O) groups excluding carboxylic acids is 1. The monoisotopic (exact) mass is 307 g/mol. The minimum Gasteiger partial charge on any atom is -0.373 e. The van der Waals surface area contributed by atoms with Gasteiger partial charge in [-0.1, -0.05) is 0 Å². The molecular weight excluding hydrogens is 290 g/mol. The van der Waals surface area contributed by atoms with E-state index in [-0.39, 0.29) is 12.0 Å². The molecule has 0 unspecified atom stereocenters. The van der Waals surface area contributed by atoms with Crippen LogP contribution < -0.4 is 0 Å². The van der Waals surface area contributed by atoms with Crippen molar-refractivity contribution >= 4 is 28.6 Å². The molecule has 3 nitrogen and oxygen atoms in total. The molecule has 2 aromatic rings. The van der Waals surface area contributed by atoms with Gasteiger partial charge in [-0.15, -0.1) is 11.3 Å². The van der Waals surface area contributed by atoms with Crippen molar-refractivity contribution in [2.75, 3.05) is 13.7 Å². The number of carbonyl (C=O) groups is 1. The maximum absolute atomic E-state index is 12.4. The van der Waals surface area contributed by atoms with Gasteiger partial charge in [-0.3, -0.25) is 4.79 Å². The van der Waals surface area contributed by atoms with Crippen LogP contribution in [0.2, 0.25) is 0 Å². The van der Waals surface area contributed by atoms with Crippen molar-refractivity contribution in [3.63, 3.8) is 0 Å². The number of nitrogens with zero attached hydrogens (tertiary/aromatic N) is 1. The number of rotatable bonds is 4. The van der Waals surface area contributed by atoms with Crippen LogP contribution in [-0.4, -0.2) is 24.5 Å². The van der Waals surface area contributed by atoms with Crippen LogP contribution in [0.15, 0.2) is 29.0 Å². The fourth-order valence-electron chi connectivity index (χ4n) is 2.36. The molecule has 2 aromatic heterocycles. The van der Waals surface area contributed by atoms with Gasteiger partial charge in [0.05, 0.1) is 11.0 Å². The molecule has 0 bridgehead atoms. The molecule has 0 saturated carbocycles. The van der Waals surface area contributed by atoms with Gasteiger partial charge in [0.15, 0.2) is 0 Å². The van der Waals surface area contributed by atoms with E-state index >= 15 is 0 Å². The summed E-state index contributed by atoms with van der Waals surface area (Å²) in [6, 6.07) is 6.01. The van der Waals surface area contributed by atoms with Gasteiger partial charge in [0.1, 0.15) is 0 Å². The van der Waals surface area contributed by atoms with Crippen LogP contribution in [0.3, 0.4) is 0 Å². The second-order valence-electron chi connectivity index (χ2n) is 5.00. The molecule has 20 heavy (non-hydrogen) atoms. The van der Waals surface area contributed by atoms with E-state index in [2.05, 4.69) is 11.4 Å². The van der Waals surface area contributed by atoms with Crippen molar-refractivity contribution < 1.29 is 9.53 Å². The Hall–Kier alpha value is -1.17. The summed E-state index contributed by atoms with van der Waals surface area (Å²) in [7, 11) is 1.85. The second kappa shape index (κ2) is 6.08. The average Bonchev–Trinajstić information content (AvgIpc) is 3.18. The zero-order valence-corrected chi connectivity index (χ0v) is 13.0. The van der Waals surface area contributed by atoms with E-state index in [1.165, 1.54) is 10.4 Å². The maximum Gasteiger partial charge on any atom is 0.263 e. The second-order valence-corrected chi connectivity index (χ2v) is 6.89. The lowest BCUT2D eigenvalue weighted by atomic mass is 10.2. The van der Waals surface area contributed by atoms with Gasteiger partial charge < -0.3 is 9.64 Å². The Kier molecular flexibility index (Phi) is 4.19. The molecule has 1 aliphatic rings. The summed E-state index contributed by atoms with van der Waals surface area (Å²) >= 11 is 3.22. The number of amides is 1. The predicted octanol–water partition coefficient (Wildman–Crippen LogP) is 3.93. The van der Waals surface area contributed by atoms with Crippen LogP contribution in [0.1, 0.15) is 39.1 Å². The van der Waals surface area contributed by atoms with Crippen molar-refractivity contribution in [3.8, 4) is 0 Å². The molecule has 1 amide bonds. The van der Waals surface area contributed by atoms with Crippen LogP contribution in [0.25, 0.3) is 0 Å². The Morgan fingerprint density at radius 2 is 2.35 bits per heavy atom. The standard InChI is InChI=1S/C15H17NO2S2/c1-16(9-11-6-8-19-10-11)15(17)14-5-4-13(20-14)12-3-2-7-18-12/h4-6,8,10,12H,2-3,7,9H2,1H3/t12-/m0/s1. The third-order valence-electron chi connectivity index (χ3n) is 3.43. The molecule has 0 N–H and O–H groups in total. The van der Waals surface area contributed by atoms with Gasteiger partial charge in [0.25, 0.3) is 5.91 Å². The number of hydrogen-bond donors (Lipinski definition) is 0. The van der Waals surface area contributed by atoms with Crippen molar-refractivity contribution in [2.45, 2.75) is 25.5 Å². The highest BCUT2D eigenvalue weighted by molar-refractivity contribution is 7.14. The first kappa shape index (κ1) is 13.8. The molecule has 0 spiro atoms. The first-order chi connectivity index (χ1) is 9.74. The first-order valence-electron chi connectivity index (χ1n) is 6.72. The van der Waals surface area contributed by atoms with Gasteiger partial charge in [0, 0.05) is 25.1 Å². The first-order valence-corrected chi connectivity index (χ1v) is 8.48. The molecule has 0 aliphatic carbocycles. The van der Waals surface area contributed by atoms with Crippen molar-refractivity contribution in [3.05, 3.63) is 44.3 Å². The minimum atomic E-state index is 0.0884. The average molecular weight is 307 g/mol. The molecule has 3 rings (SSSR count). The molecule has 1 aliphatic heterocycles. The summed E-state index contributed by atoms with van der Waals surface area (Å²) in [6.45, 7) is 1.50. The van der Waals surface area contributed by atoms with E-state index in [1.54, 1.807) is 27.6 Å². The lowest BCUT2D eigenvalue weighted by molar-refractivity contribution is 0.0790. The molecule has 1 saturated heterocycles. The molecule has 1 atom stereocenters.